The quantitative estimate of drug-likeness (QED) is 0.642. The number of rotatable bonds is 4. The first-order valence-corrected chi connectivity index (χ1v) is 11.0. The van der Waals surface area contributed by atoms with Crippen LogP contribution in [0.2, 0.25) is 0 Å². The Hall–Kier alpha value is -3.23. The van der Waals surface area contributed by atoms with Crippen molar-refractivity contribution in [1.29, 1.82) is 0 Å². The molecule has 0 N–H and O–H groups in total. The summed E-state index contributed by atoms with van der Waals surface area (Å²) in [5.41, 5.74) is 0.856. The highest BCUT2D eigenvalue weighted by atomic mass is 32.2. The molecule has 0 bridgehead atoms. The van der Waals surface area contributed by atoms with Crippen molar-refractivity contribution in [3.63, 3.8) is 0 Å². The van der Waals surface area contributed by atoms with Crippen LogP contribution in [-0.4, -0.2) is 49.7 Å². The Bertz CT molecular complexity index is 1260. The van der Waals surface area contributed by atoms with Crippen LogP contribution in [-0.2, 0) is 10.0 Å². The number of carbonyl (C=O) groups is 1. The van der Waals surface area contributed by atoms with Gasteiger partial charge in [0.2, 0.25) is 10.0 Å². The van der Waals surface area contributed by atoms with E-state index in [2.05, 4.69) is 0 Å². The van der Waals surface area contributed by atoms with E-state index in [9.17, 15) is 18.0 Å². The van der Waals surface area contributed by atoms with Crippen LogP contribution in [0.15, 0.2) is 75.3 Å². The maximum atomic E-state index is 12.8. The van der Waals surface area contributed by atoms with Crippen molar-refractivity contribution in [1.82, 2.24) is 9.21 Å². The zero-order valence-electron chi connectivity index (χ0n) is 16.1. The number of hydrogen-bond acceptors (Lipinski definition) is 5. The molecule has 0 atom stereocenters. The molecule has 4 rings (SSSR count). The first kappa shape index (κ1) is 20.1. The number of hydrogen-bond donors (Lipinski definition) is 0. The Balaban J connectivity index is 1.45. The first-order valence-electron chi connectivity index (χ1n) is 9.49. The van der Waals surface area contributed by atoms with E-state index >= 15 is 0 Å². The predicted molar refractivity (Wildman–Crippen MR) is 114 cm³/mol. The average Bonchev–Trinajstić information content (AvgIpc) is 2.78. The Kier molecular flexibility index (Phi) is 5.52. The Morgan fingerprint density at radius 2 is 1.60 bits per heavy atom. The molecule has 0 unspecified atom stereocenters. The largest absolute Gasteiger partial charge is 0.451 e. The SMILES string of the molecule is O=C(c1cc(=O)c2ccccc2o1)N1CCN(S(=O)(=O)C=Cc2ccccc2)CC1. The Morgan fingerprint density at radius 1 is 0.933 bits per heavy atom. The summed E-state index contributed by atoms with van der Waals surface area (Å²) in [6.45, 7) is 0.775. The Labute approximate surface area is 173 Å². The van der Waals surface area contributed by atoms with Crippen LogP contribution in [0.4, 0.5) is 0 Å². The average molecular weight is 424 g/mol. The maximum absolute atomic E-state index is 12.8. The van der Waals surface area contributed by atoms with Crippen molar-refractivity contribution in [2.45, 2.75) is 0 Å². The second-order valence-corrected chi connectivity index (χ2v) is 8.74. The standard InChI is InChI=1S/C22H20N2O5S/c25-19-16-21(29-20-9-5-4-8-18(19)20)22(26)23-11-13-24(14-12-23)30(27,28)15-10-17-6-2-1-3-7-17/h1-10,15-16H,11-14H2. The van der Waals surface area contributed by atoms with Gasteiger partial charge in [-0.3, -0.25) is 9.59 Å². The number of amides is 1. The predicted octanol–water partition coefficient (Wildman–Crippen LogP) is 2.55. The van der Waals surface area contributed by atoms with Crippen molar-refractivity contribution in [2.24, 2.45) is 0 Å². The highest BCUT2D eigenvalue weighted by Gasteiger charge is 2.29. The van der Waals surface area contributed by atoms with E-state index in [1.807, 2.05) is 30.3 Å². The fourth-order valence-corrected chi connectivity index (χ4v) is 4.50. The molecule has 154 valence electrons. The van der Waals surface area contributed by atoms with Crippen molar-refractivity contribution >= 4 is 33.0 Å². The summed E-state index contributed by atoms with van der Waals surface area (Å²) in [6.07, 6.45) is 1.55. The molecular formula is C22H20N2O5S. The maximum Gasteiger partial charge on any atom is 0.289 e. The van der Waals surface area contributed by atoms with Crippen LogP contribution in [0, 0.1) is 0 Å². The van der Waals surface area contributed by atoms with E-state index in [1.54, 1.807) is 30.3 Å². The lowest BCUT2D eigenvalue weighted by atomic mass is 10.2. The van der Waals surface area contributed by atoms with Crippen LogP contribution >= 0.6 is 0 Å². The second kappa shape index (κ2) is 8.25. The van der Waals surface area contributed by atoms with E-state index in [0.29, 0.717) is 11.0 Å². The number of nitrogens with zero attached hydrogens (tertiary/aromatic N) is 2. The van der Waals surface area contributed by atoms with Crippen molar-refractivity contribution in [3.8, 4) is 0 Å². The van der Waals surface area contributed by atoms with E-state index < -0.39 is 15.9 Å². The smallest absolute Gasteiger partial charge is 0.289 e. The fourth-order valence-electron chi connectivity index (χ4n) is 3.33. The van der Waals surface area contributed by atoms with E-state index in [-0.39, 0.29) is 37.4 Å². The molecule has 7 nitrogen and oxygen atoms in total. The molecule has 0 spiro atoms. The van der Waals surface area contributed by atoms with Gasteiger partial charge in [-0.15, -0.1) is 0 Å². The summed E-state index contributed by atoms with van der Waals surface area (Å²) in [6, 6.07) is 17.1. The topological polar surface area (TPSA) is 87.9 Å². The fraction of sp³-hybridized carbons (Fsp3) is 0.182. The minimum Gasteiger partial charge on any atom is -0.451 e. The molecule has 1 fully saturated rings. The molecule has 8 heteroatoms. The van der Waals surface area contributed by atoms with Crippen molar-refractivity contribution in [3.05, 3.63) is 87.6 Å². The monoisotopic (exact) mass is 424 g/mol. The summed E-state index contributed by atoms with van der Waals surface area (Å²) in [5.74, 6) is -0.464. The van der Waals surface area contributed by atoms with Gasteiger partial charge < -0.3 is 9.32 Å². The van der Waals surface area contributed by atoms with Gasteiger partial charge in [-0.05, 0) is 23.8 Å². The number of carbonyl (C=O) groups excluding carboxylic acids is 1. The first-order chi connectivity index (χ1) is 14.4. The number of sulfonamides is 1. The molecule has 30 heavy (non-hydrogen) atoms. The molecule has 2 aromatic carbocycles. The zero-order chi connectivity index (χ0) is 21.1. The lowest BCUT2D eigenvalue weighted by molar-refractivity contribution is 0.0667. The summed E-state index contributed by atoms with van der Waals surface area (Å²) >= 11 is 0. The van der Waals surface area contributed by atoms with Gasteiger partial charge in [-0.2, -0.15) is 4.31 Å². The molecule has 1 aliphatic rings. The van der Waals surface area contributed by atoms with Crippen molar-refractivity contribution < 1.29 is 17.6 Å². The van der Waals surface area contributed by atoms with Crippen LogP contribution in [0.1, 0.15) is 16.1 Å². The molecule has 1 aromatic heterocycles. The summed E-state index contributed by atoms with van der Waals surface area (Å²) < 4.78 is 32.1. The zero-order valence-corrected chi connectivity index (χ0v) is 16.9. The lowest BCUT2D eigenvalue weighted by Gasteiger charge is -2.33. The molecule has 0 saturated carbocycles. The van der Waals surface area contributed by atoms with E-state index in [1.165, 1.54) is 20.7 Å². The van der Waals surface area contributed by atoms with Gasteiger partial charge in [0.15, 0.2) is 11.2 Å². The number of para-hydroxylation sites is 1. The molecular weight excluding hydrogens is 404 g/mol. The minimum atomic E-state index is -3.59. The van der Waals surface area contributed by atoms with Crippen LogP contribution in [0.25, 0.3) is 17.0 Å². The third-order valence-electron chi connectivity index (χ3n) is 4.96. The minimum absolute atomic E-state index is 0.0426. The molecule has 1 saturated heterocycles. The van der Waals surface area contributed by atoms with Crippen molar-refractivity contribution in [2.75, 3.05) is 26.2 Å². The van der Waals surface area contributed by atoms with Gasteiger partial charge in [-0.1, -0.05) is 42.5 Å². The van der Waals surface area contributed by atoms with Gasteiger partial charge >= 0.3 is 0 Å². The van der Waals surface area contributed by atoms with Gasteiger partial charge in [0.05, 0.1) is 5.39 Å². The second-order valence-electron chi connectivity index (χ2n) is 6.92. The van der Waals surface area contributed by atoms with Crippen LogP contribution in [0.5, 0.6) is 0 Å². The number of piperazine rings is 1. The number of fused-ring (bicyclic) bond motifs is 1. The summed E-state index contributed by atoms with van der Waals surface area (Å²) in [4.78, 5) is 26.5. The highest BCUT2D eigenvalue weighted by Crippen LogP contribution is 2.16. The summed E-state index contributed by atoms with van der Waals surface area (Å²) in [7, 11) is -3.59. The third kappa shape index (κ3) is 4.19. The van der Waals surface area contributed by atoms with Crippen LogP contribution in [0.3, 0.4) is 0 Å². The third-order valence-corrected chi connectivity index (χ3v) is 6.53. The molecule has 1 aliphatic heterocycles. The molecule has 0 aliphatic carbocycles. The molecule has 0 radical (unpaired) electrons. The Morgan fingerprint density at radius 3 is 2.33 bits per heavy atom. The molecule has 2 heterocycles. The van der Waals surface area contributed by atoms with Crippen LogP contribution < -0.4 is 5.43 Å². The highest BCUT2D eigenvalue weighted by molar-refractivity contribution is 7.92. The normalized spacial score (nSPS) is 15.7. The van der Waals surface area contributed by atoms with E-state index in [4.69, 9.17) is 4.42 Å². The van der Waals surface area contributed by atoms with Gasteiger partial charge in [0.1, 0.15) is 5.58 Å². The molecule has 1 amide bonds. The van der Waals surface area contributed by atoms with E-state index in [0.717, 1.165) is 5.56 Å². The molecule has 3 aromatic rings. The van der Waals surface area contributed by atoms with Gasteiger partial charge in [0, 0.05) is 37.7 Å². The lowest BCUT2D eigenvalue weighted by Crippen LogP contribution is -2.50. The summed E-state index contributed by atoms with van der Waals surface area (Å²) in [5, 5.41) is 1.59. The number of benzene rings is 2. The van der Waals surface area contributed by atoms with Gasteiger partial charge in [0.25, 0.3) is 5.91 Å². The van der Waals surface area contributed by atoms with Gasteiger partial charge in [-0.25, -0.2) is 8.42 Å².